The first-order valence-corrected chi connectivity index (χ1v) is 6.95. The molecule has 110 valence electrons. The number of carboxylic acids is 1. The summed E-state index contributed by atoms with van der Waals surface area (Å²) in [5, 5.41) is 8.60. The molecule has 0 radical (unpaired) electrons. The van der Waals surface area contributed by atoms with Gasteiger partial charge in [-0.2, -0.15) is 8.42 Å². The molecule has 0 unspecified atom stereocenters. The van der Waals surface area contributed by atoms with Gasteiger partial charge in [0.2, 0.25) is 0 Å². The van der Waals surface area contributed by atoms with Gasteiger partial charge >= 0.3 is 5.97 Å². The van der Waals surface area contributed by atoms with Crippen molar-refractivity contribution in [2.75, 3.05) is 5.73 Å². The molecule has 0 heterocycles. The Morgan fingerprint density at radius 3 is 2.40 bits per heavy atom. The Morgan fingerprint density at radius 1 is 1.30 bits per heavy atom. The summed E-state index contributed by atoms with van der Waals surface area (Å²) in [6.45, 7) is 0. The number of carbonyl (C=O) groups is 2. The fourth-order valence-electron chi connectivity index (χ4n) is 1.48. The molecule has 1 aromatic carbocycles. The predicted molar refractivity (Wildman–Crippen MR) is 69.8 cm³/mol. The molecule has 0 aliphatic carbocycles. The van der Waals surface area contributed by atoms with Crippen LogP contribution in [0.1, 0.15) is 23.2 Å². The van der Waals surface area contributed by atoms with Gasteiger partial charge in [-0.25, -0.2) is 0 Å². The Balaban J connectivity index is 2.96. The van der Waals surface area contributed by atoms with Crippen LogP contribution < -0.4 is 11.5 Å². The lowest BCUT2D eigenvalue weighted by Gasteiger charge is -2.08. The van der Waals surface area contributed by atoms with E-state index in [0.29, 0.717) is 0 Å². The number of carbonyl (C=O) groups excluding carboxylic acids is 1. The van der Waals surface area contributed by atoms with Gasteiger partial charge in [0, 0.05) is 17.7 Å². The van der Waals surface area contributed by atoms with Crippen LogP contribution >= 0.6 is 0 Å². The van der Waals surface area contributed by atoms with Crippen LogP contribution in [0.25, 0.3) is 0 Å². The monoisotopic (exact) mass is 302 g/mol. The van der Waals surface area contributed by atoms with E-state index in [1.54, 1.807) is 0 Å². The van der Waals surface area contributed by atoms with Crippen molar-refractivity contribution in [3.8, 4) is 0 Å². The molecule has 1 atom stereocenters. The van der Waals surface area contributed by atoms with E-state index in [1.165, 1.54) is 6.07 Å². The summed E-state index contributed by atoms with van der Waals surface area (Å²) in [6, 6.07) is 1.99. The van der Waals surface area contributed by atoms with Crippen LogP contribution in [0.4, 0.5) is 5.69 Å². The van der Waals surface area contributed by atoms with Crippen molar-refractivity contribution in [2.24, 2.45) is 5.73 Å². The van der Waals surface area contributed by atoms with Gasteiger partial charge in [-0.05, 0) is 24.6 Å². The van der Waals surface area contributed by atoms with E-state index < -0.39 is 32.8 Å². The van der Waals surface area contributed by atoms with Gasteiger partial charge in [-0.3, -0.25) is 14.1 Å². The minimum Gasteiger partial charge on any atom is -0.480 e. The Bertz CT molecular complexity index is 640. The van der Waals surface area contributed by atoms with Gasteiger partial charge in [-0.1, -0.05) is 0 Å². The lowest BCUT2D eigenvalue weighted by atomic mass is 10.0. The summed E-state index contributed by atoms with van der Waals surface area (Å²) >= 11 is 0. The third-order valence-corrected chi connectivity index (χ3v) is 3.47. The average Bonchev–Trinajstić information content (AvgIpc) is 2.34. The minimum atomic E-state index is -4.45. The van der Waals surface area contributed by atoms with Crippen molar-refractivity contribution in [1.29, 1.82) is 0 Å². The van der Waals surface area contributed by atoms with Crippen LogP contribution in [-0.2, 0) is 14.9 Å². The number of hydrogen-bond acceptors (Lipinski definition) is 6. The summed E-state index contributed by atoms with van der Waals surface area (Å²) in [4.78, 5) is 21.9. The van der Waals surface area contributed by atoms with Gasteiger partial charge in [0.15, 0.2) is 5.78 Å². The van der Waals surface area contributed by atoms with Crippen LogP contribution in [0.3, 0.4) is 0 Å². The van der Waals surface area contributed by atoms with Crippen molar-refractivity contribution in [2.45, 2.75) is 23.8 Å². The zero-order valence-electron chi connectivity index (χ0n) is 10.3. The highest BCUT2D eigenvalue weighted by atomic mass is 32.2. The number of nitrogens with two attached hydrogens (primary N) is 2. The lowest BCUT2D eigenvalue weighted by Crippen LogP contribution is -2.30. The fraction of sp³-hybridized carbons (Fsp3) is 0.273. The van der Waals surface area contributed by atoms with Crippen molar-refractivity contribution >= 4 is 27.6 Å². The first-order chi connectivity index (χ1) is 9.12. The quantitative estimate of drug-likeness (QED) is 0.321. The number of aliphatic carboxylic acids is 1. The van der Waals surface area contributed by atoms with E-state index in [0.717, 1.165) is 12.1 Å². The number of benzene rings is 1. The maximum Gasteiger partial charge on any atom is 0.320 e. The van der Waals surface area contributed by atoms with Crippen molar-refractivity contribution in [3.63, 3.8) is 0 Å². The zero-order chi connectivity index (χ0) is 15.5. The molecule has 9 heteroatoms. The molecule has 0 fully saturated rings. The molecule has 8 nitrogen and oxygen atoms in total. The normalized spacial score (nSPS) is 12.9. The summed E-state index contributed by atoms with van der Waals surface area (Å²) in [6.07, 6.45) is -0.309. The van der Waals surface area contributed by atoms with Gasteiger partial charge in [0.25, 0.3) is 10.1 Å². The molecule has 0 aliphatic heterocycles. The molecule has 0 saturated heterocycles. The third-order valence-electron chi connectivity index (χ3n) is 2.62. The highest BCUT2D eigenvalue weighted by molar-refractivity contribution is 7.85. The molecule has 0 aromatic heterocycles. The summed E-state index contributed by atoms with van der Waals surface area (Å²) in [5.74, 6) is -1.79. The summed E-state index contributed by atoms with van der Waals surface area (Å²) < 4.78 is 30.9. The van der Waals surface area contributed by atoms with Crippen LogP contribution in [0.5, 0.6) is 0 Å². The topological polar surface area (TPSA) is 161 Å². The molecule has 0 amide bonds. The number of carboxylic acid groups (broad SMARTS) is 1. The molecule has 20 heavy (non-hydrogen) atoms. The molecule has 1 rings (SSSR count). The van der Waals surface area contributed by atoms with Crippen molar-refractivity contribution < 1.29 is 27.7 Å². The van der Waals surface area contributed by atoms with Crippen LogP contribution in [-0.4, -0.2) is 35.9 Å². The Kier molecular flexibility index (Phi) is 4.82. The molecule has 0 spiro atoms. The van der Waals surface area contributed by atoms with E-state index in [4.69, 9.17) is 21.1 Å². The molecule has 6 N–H and O–H groups in total. The SMILES string of the molecule is Nc1ccc(S(=O)(=O)O)cc1C(=O)CC[C@H](N)C(=O)O. The first kappa shape index (κ1) is 16.1. The fourth-order valence-corrected chi connectivity index (χ4v) is 1.99. The molecule has 0 bridgehead atoms. The molecular weight excluding hydrogens is 288 g/mol. The third kappa shape index (κ3) is 4.02. The number of anilines is 1. The summed E-state index contributed by atoms with van der Waals surface area (Å²) in [7, 11) is -4.45. The maximum absolute atomic E-state index is 11.9. The number of hydrogen-bond donors (Lipinski definition) is 4. The van der Waals surface area contributed by atoms with Crippen LogP contribution in [0.15, 0.2) is 23.1 Å². The van der Waals surface area contributed by atoms with E-state index >= 15 is 0 Å². The van der Waals surface area contributed by atoms with Gasteiger partial charge in [0.1, 0.15) is 6.04 Å². The smallest absolute Gasteiger partial charge is 0.320 e. The average molecular weight is 302 g/mol. The highest BCUT2D eigenvalue weighted by Crippen LogP contribution is 2.20. The molecule has 1 aromatic rings. The van der Waals surface area contributed by atoms with E-state index in [2.05, 4.69) is 0 Å². The largest absolute Gasteiger partial charge is 0.480 e. The standard InChI is InChI=1S/C11H14N2O6S/c12-8-2-1-6(20(17,18)19)5-7(8)10(14)4-3-9(13)11(15)16/h1-2,5,9H,3-4,12-13H2,(H,15,16)(H,17,18,19)/t9-/m0/s1. The lowest BCUT2D eigenvalue weighted by molar-refractivity contribution is -0.138. The zero-order valence-corrected chi connectivity index (χ0v) is 11.1. The van der Waals surface area contributed by atoms with E-state index in [9.17, 15) is 18.0 Å². The van der Waals surface area contributed by atoms with Gasteiger partial charge in [0.05, 0.1) is 4.90 Å². The van der Waals surface area contributed by atoms with Crippen molar-refractivity contribution in [3.05, 3.63) is 23.8 Å². The molecular formula is C11H14N2O6S. The second-order valence-corrected chi connectivity index (χ2v) is 5.55. The Hall–Kier alpha value is -1.97. The Morgan fingerprint density at radius 2 is 1.90 bits per heavy atom. The number of ketones is 1. The minimum absolute atomic E-state index is 0.0336. The van der Waals surface area contributed by atoms with Gasteiger partial charge in [-0.15, -0.1) is 0 Å². The van der Waals surface area contributed by atoms with Gasteiger partial charge < -0.3 is 16.6 Å². The maximum atomic E-state index is 11.9. The van der Waals surface area contributed by atoms with Crippen LogP contribution in [0.2, 0.25) is 0 Å². The Labute approximate surface area is 115 Å². The second-order valence-electron chi connectivity index (χ2n) is 4.13. The molecule has 0 aliphatic rings. The van der Waals surface area contributed by atoms with Crippen molar-refractivity contribution in [1.82, 2.24) is 0 Å². The number of Topliss-reactive ketones (excluding diaryl/α,β-unsaturated/α-hetero) is 1. The van der Waals surface area contributed by atoms with E-state index in [-0.39, 0.29) is 24.1 Å². The second kappa shape index (κ2) is 5.99. The predicted octanol–water partition coefficient (Wildman–Crippen LogP) is -0.110. The van der Waals surface area contributed by atoms with E-state index in [1.807, 2.05) is 0 Å². The highest BCUT2D eigenvalue weighted by Gasteiger charge is 2.18. The molecule has 0 saturated carbocycles. The first-order valence-electron chi connectivity index (χ1n) is 5.51. The van der Waals surface area contributed by atoms with Crippen LogP contribution in [0, 0.1) is 0 Å². The summed E-state index contributed by atoms with van der Waals surface area (Å²) in [5.41, 5.74) is 10.8. The number of rotatable bonds is 6. The number of nitrogen functional groups attached to an aromatic ring is 1.